The number of hydrogen-bond donors (Lipinski definition) is 0. The van der Waals surface area contributed by atoms with Gasteiger partial charge in [-0.1, -0.05) is 70.9 Å². The average Bonchev–Trinajstić information content (AvgIpc) is 2.79. The zero-order valence-electron chi connectivity index (χ0n) is 20.3. The van der Waals surface area contributed by atoms with Crippen LogP contribution in [-0.4, -0.2) is 19.2 Å². The largest absolute Gasteiger partial charge is 0.493 e. The molecule has 6 heteroatoms. The van der Waals surface area contributed by atoms with Gasteiger partial charge in [0.2, 0.25) is 0 Å². The van der Waals surface area contributed by atoms with Gasteiger partial charge >= 0.3 is 11.6 Å². The van der Waals surface area contributed by atoms with E-state index < -0.39 is 11.6 Å². The number of esters is 1. The van der Waals surface area contributed by atoms with E-state index in [1.165, 1.54) is 39.0 Å². The van der Waals surface area contributed by atoms with Crippen molar-refractivity contribution in [1.82, 2.24) is 0 Å². The molecule has 0 aliphatic heterocycles. The quantitative estimate of drug-likeness (QED) is 0.117. The number of allylic oxidation sites excluding steroid dienone is 1. The molecule has 0 radical (unpaired) electrons. The lowest BCUT2D eigenvalue weighted by molar-refractivity contribution is -0.132. The van der Waals surface area contributed by atoms with Gasteiger partial charge in [0.25, 0.3) is 5.75 Å². The summed E-state index contributed by atoms with van der Waals surface area (Å²) in [7, 11) is 0. The monoisotopic (exact) mass is 458 g/mol. The summed E-state index contributed by atoms with van der Waals surface area (Å²) in [6, 6.07) is 5.24. The van der Waals surface area contributed by atoms with Crippen LogP contribution in [0.5, 0.6) is 17.2 Å². The molecule has 6 nitrogen and oxygen atoms in total. The van der Waals surface area contributed by atoms with Crippen molar-refractivity contribution >= 4 is 16.9 Å². The van der Waals surface area contributed by atoms with Gasteiger partial charge in [-0.2, -0.15) is 0 Å². The molecule has 0 unspecified atom stereocenters. The first-order chi connectivity index (χ1) is 16.1. The zero-order chi connectivity index (χ0) is 23.9. The second kappa shape index (κ2) is 15.1. The van der Waals surface area contributed by atoms with Crippen molar-refractivity contribution in [2.24, 2.45) is 0 Å². The van der Waals surface area contributed by atoms with E-state index in [9.17, 15) is 9.59 Å². The molecule has 0 saturated heterocycles. The summed E-state index contributed by atoms with van der Waals surface area (Å²) in [5.74, 6) is 0.0493. The lowest BCUT2D eigenvalue weighted by atomic mass is 10.1. The average molecular weight is 459 g/mol. The first-order valence-electron chi connectivity index (χ1n) is 12.3. The van der Waals surface area contributed by atoms with Crippen molar-refractivity contribution < 1.29 is 23.4 Å². The molecule has 2 aromatic rings. The number of carbonyl (C=O) groups is 1. The maximum atomic E-state index is 12.5. The standard InChI is InChI=1S/C27H38O6/c1-4-6-8-10-11-12-13-15-19-31-25-23-17-16-22(30-18-14-9-7-5-2)20-24(23)33-27(29)26(25)32-21(3)28/h7,9,16-17,20H,4-6,8,10-15,18-19H2,1-3H3. The second-order valence-electron chi connectivity index (χ2n) is 8.14. The molecule has 2 rings (SSSR count). The summed E-state index contributed by atoms with van der Waals surface area (Å²) in [4.78, 5) is 24.1. The molecular weight excluding hydrogens is 420 g/mol. The SMILES string of the molecule is CCC=CCCOc1ccc2c(OCCCCCCCCCC)c(OC(C)=O)c(=O)oc2c1. The number of unbranched alkanes of at least 4 members (excludes halogenated alkanes) is 7. The van der Waals surface area contributed by atoms with Crippen LogP contribution in [0.1, 0.15) is 85.0 Å². The molecular formula is C27H38O6. The summed E-state index contributed by atoms with van der Waals surface area (Å²) in [5.41, 5.74) is -0.407. The second-order valence-corrected chi connectivity index (χ2v) is 8.14. The van der Waals surface area contributed by atoms with E-state index in [0.717, 1.165) is 32.1 Å². The van der Waals surface area contributed by atoms with Crippen LogP contribution in [0, 0.1) is 0 Å². The first kappa shape index (κ1) is 26.5. The predicted molar refractivity (Wildman–Crippen MR) is 131 cm³/mol. The van der Waals surface area contributed by atoms with Gasteiger partial charge in [0.15, 0.2) is 5.75 Å². The van der Waals surface area contributed by atoms with Crippen LogP contribution in [0.4, 0.5) is 0 Å². The molecule has 0 saturated carbocycles. The van der Waals surface area contributed by atoms with E-state index in [4.69, 9.17) is 18.6 Å². The Morgan fingerprint density at radius 1 is 0.909 bits per heavy atom. The smallest absolute Gasteiger partial charge is 0.383 e. The van der Waals surface area contributed by atoms with Crippen molar-refractivity contribution in [2.45, 2.75) is 85.0 Å². The Morgan fingerprint density at radius 2 is 1.64 bits per heavy atom. The molecule has 0 amide bonds. The maximum absolute atomic E-state index is 12.5. The van der Waals surface area contributed by atoms with Gasteiger partial charge in [0, 0.05) is 13.0 Å². The van der Waals surface area contributed by atoms with Crippen LogP contribution in [-0.2, 0) is 4.79 Å². The van der Waals surface area contributed by atoms with Crippen LogP contribution in [0.25, 0.3) is 11.0 Å². The predicted octanol–water partition coefficient (Wildman–Crippen LogP) is 6.97. The van der Waals surface area contributed by atoms with E-state index in [1.54, 1.807) is 18.2 Å². The highest BCUT2D eigenvalue weighted by Gasteiger charge is 2.20. The van der Waals surface area contributed by atoms with Gasteiger partial charge in [-0.15, -0.1) is 0 Å². The van der Waals surface area contributed by atoms with E-state index in [1.807, 2.05) is 0 Å². The minimum Gasteiger partial charge on any atom is -0.493 e. The Hall–Kier alpha value is -2.76. The van der Waals surface area contributed by atoms with Crippen molar-refractivity contribution in [1.29, 1.82) is 0 Å². The topological polar surface area (TPSA) is 75.0 Å². The molecule has 0 bridgehead atoms. The summed E-state index contributed by atoms with van der Waals surface area (Å²) in [5, 5.41) is 0.573. The van der Waals surface area contributed by atoms with Crippen molar-refractivity contribution in [3.63, 3.8) is 0 Å². The van der Waals surface area contributed by atoms with Gasteiger partial charge in [-0.05, 0) is 31.4 Å². The Kier molecular flexibility index (Phi) is 12.2. The summed E-state index contributed by atoms with van der Waals surface area (Å²) >= 11 is 0. The fourth-order valence-corrected chi connectivity index (χ4v) is 3.54. The van der Waals surface area contributed by atoms with Crippen LogP contribution < -0.4 is 19.8 Å². The number of carbonyl (C=O) groups excluding carboxylic acids is 1. The number of ether oxygens (including phenoxy) is 3. The van der Waals surface area contributed by atoms with E-state index in [-0.39, 0.29) is 11.5 Å². The minimum absolute atomic E-state index is 0.201. The molecule has 182 valence electrons. The molecule has 33 heavy (non-hydrogen) atoms. The van der Waals surface area contributed by atoms with E-state index in [2.05, 4.69) is 26.0 Å². The third kappa shape index (κ3) is 9.32. The molecule has 0 spiro atoms. The molecule has 1 aromatic carbocycles. The van der Waals surface area contributed by atoms with Gasteiger partial charge in [-0.3, -0.25) is 4.79 Å². The van der Waals surface area contributed by atoms with Crippen LogP contribution in [0.15, 0.2) is 39.6 Å². The van der Waals surface area contributed by atoms with E-state index >= 15 is 0 Å². The number of benzene rings is 1. The zero-order valence-corrected chi connectivity index (χ0v) is 20.3. The van der Waals surface area contributed by atoms with Gasteiger partial charge in [0.1, 0.15) is 11.3 Å². The summed E-state index contributed by atoms with van der Waals surface area (Å²) in [6.45, 7) is 6.51. The number of rotatable bonds is 16. The number of hydrogen-bond acceptors (Lipinski definition) is 6. The van der Waals surface area contributed by atoms with Gasteiger partial charge in [-0.25, -0.2) is 4.79 Å². The number of fused-ring (bicyclic) bond motifs is 1. The fourth-order valence-electron chi connectivity index (χ4n) is 3.54. The summed E-state index contributed by atoms with van der Waals surface area (Å²) < 4.78 is 22.3. The van der Waals surface area contributed by atoms with Crippen LogP contribution in [0.2, 0.25) is 0 Å². The molecule has 1 heterocycles. The highest BCUT2D eigenvalue weighted by atomic mass is 16.6. The Morgan fingerprint density at radius 3 is 2.33 bits per heavy atom. The van der Waals surface area contributed by atoms with E-state index in [0.29, 0.717) is 29.9 Å². The highest BCUT2D eigenvalue weighted by Crippen LogP contribution is 2.35. The van der Waals surface area contributed by atoms with Crippen molar-refractivity contribution in [3.8, 4) is 17.2 Å². The molecule has 0 atom stereocenters. The molecule has 0 fully saturated rings. The Labute approximate surface area is 196 Å². The normalized spacial score (nSPS) is 11.2. The first-order valence-corrected chi connectivity index (χ1v) is 12.3. The molecule has 1 aromatic heterocycles. The van der Waals surface area contributed by atoms with Crippen LogP contribution in [0.3, 0.4) is 0 Å². The Bertz CT molecular complexity index is 944. The lowest BCUT2D eigenvalue weighted by Crippen LogP contribution is -2.14. The third-order valence-electron chi connectivity index (χ3n) is 5.24. The minimum atomic E-state index is -0.744. The fraction of sp³-hybridized carbons (Fsp3) is 0.556. The van der Waals surface area contributed by atoms with Crippen molar-refractivity contribution in [2.75, 3.05) is 13.2 Å². The summed E-state index contributed by atoms with van der Waals surface area (Å²) in [6.07, 6.45) is 15.4. The highest BCUT2D eigenvalue weighted by molar-refractivity contribution is 5.87. The van der Waals surface area contributed by atoms with Gasteiger partial charge in [0.05, 0.1) is 18.6 Å². The van der Waals surface area contributed by atoms with Crippen molar-refractivity contribution in [3.05, 3.63) is 40.8 Å². The lowest BCUT2D eigenvalue weighted by Gasteiger charge is -2.13. The molecule has 0 aliphatic carbocycles. The molecule has 0 N–H and O–H groups in total. The Balaban J connectivity index is 2.06. The maximum Gasteiger partial charge on any atom is 0.383 e. The van der Waals surface area contributed by atoms with Crippen LogP contribution >= 0.6 is 0 Å². The third-order valence-corrected chi connectivity index (χ3v) is 5.24. The van der Waals surface area contributed by atoms with Gasteiger partial charge < -0.3 is 18.6 Å². The molecule has 0 aliphatic rings.